The number of hydrogen-bond acceptors (Lipinski definition) is 9. The van der Waals surface area contributed by atoms with Crippen molar-refractivity contribution in [3.8, 4) is 5.75 Å². The van der Waals surface area contributed by atoms with Gasteiger partial charge in [-0.3, -0.25) is 0 Å². The van der Waals surface area contributed by atoms with Crippen molar-refractivity contribution in [2.24, 2.45) is 5.73 Å². The van der Waals surface area contributed by atoms with Crippen LogP contribution in [0.15, 0.2) is 66.7 Å². The predicted octanol–water partition coefficient (Wildman–Crippen LogP) is 1.61. The highest BCUT2D eigenvalue weighted by Crippen LogP contribution is 2.40. The Hall–Kier alpha value is -2.57. The fourth-order valence-corrected chi connectivity index (χ4v) is 5.26. The van der Waals surface area contributed by atoms with Gasteiger partial charge in [0.15, 0.2) is 6.29 Å². The van der Waals surface area contributed by atoms with Crippen molar-refractivity contribution >= 4 is 11.6 Å². The third-order valence-electron chi connectivity index (χ3n) is 7.24. The average Bonchev–Trinajstić information content (AvgIpc) is 2.95. The largest absolute Gasteiger partial charge is 0.494 e. The fourth-order valence-electron chi connectivity index (χ4n) is 5.04. The molecule has 4 rings (SSSR count). The number of aliphatic hydroxyl groups excluding tert-OH is 5. The molecule has 1 fully saturated rings. The molecule has 3 aromatic carbocycles. The van der Waals surface area contributed by atoms with E-state index in [2.05, 4.69) is 0 Å². The van der Waals surface area contributed by atoms with Gasteiger partial charge in [0.2, 0.25) is 0 Å². The van der Waals surface area contributed by atoms with Gasteiger partial charge in [-0.1, -0.05) is 60.1 Å². The number of ether oxygens (including phenoxy) is 2. The fraction of sp³-hybridized carbons (Fsp3) is 0.400. The Morgan fingerprint density at radius 1 is 0.900 bits per heavy atom. The minimum Gasteiger partial charge on any atom is -0.494 e. The normalized spacial score (nSPS) is 24.6. The maximum absolute atomic E-state index is 10.7. The Bertz CT molecular complexity index is 1240. The highest BCUT2D eigenvalue weighted by Gasteiger charge is 2.44. The molecule has 8 N–H and O–H groups in total. The summed E-state index contributed by atoms with van der Waals surface area (Å²) >= 11 is 6.76. The van der Waals surface area contributed by atoms with Crippen LogP contribution < -0.4 is 10.5 Å². The van der Waals surface area contributed by atoms with E-state index < -0.39 is 49.5 Å². The summed E-state index contributed by atoms with van der Waals surface area (Å²) in [5, 5.41) is 60.1. The first kappa shape index (κ1) is 30.4. The quantitative estimate of drug-likeness (QED) is 0.141. The number of rotatable bonds is 10. The summed E-state index contributed by atoms with van der Waals surface area (Å²) in [6, 6.07) is 19.5. The van der Waals surface area contributed by atoms with Crippen LogP contribution in [0.4, 0.5) is 0 Å². The molecule has 1 saturated heterocycles. The molecule has 1 heterocycles. The van der Waals surface area contributed by atoms with Gasteiger partial charge in [0, 0.05) is 10.9 Å². The van der Waals surface area contributed by atoms with Crippen LogP contribution in [0.2, 0.25) is 5.02 Å². The molecule has 40 heavy (non-hydrogen) atoms. The number of nitrogens with two attached hydrogens (primary N) is 1. The molecule has 1 aliphatic rings. The molecule has 1 unspecified atom stereocenters. The van der Waals surface area contributed by atoms with Crippen molar-refractivity contribution in [1.82, 2.24) is 0 Å². The van der Waals surface area contributed by atoms with E-state index in [1.54, 1.807) is 18.2 Å². The molecule has 1 aliphatic heterocycles. The molecule has 0 bridgehead atoms. The predicted molar refractivity (Wildman–Crippen MR) is 149 cm³/mol. The maximum Gasteiger partial charge on any atom is 0.167 e. The van der Waals surface area contributed by atoms with Crippen molar-refractivity contribution in [1.29, 1.82) is 0 Å². The lowest BCUT2D eigenvalue weighted by Gasteiger charge is -2.40. The van der Waals surface area contributed by atoms with Gasteiger partial charge in [0.1, 0.15) is 36.3 Å². The van der Waals surface area contributed by atoms with Gasteiger partial charge in [-0.15, -0.1) is 0 Å². The number of hydrogen-bond donors (Lipinski definition) is 7. The molecule has 0 spiro atoms. The summed E-state index contributed by atoms with van der Waals surface area (Å²) in [5.74, 6) is 0.359. The molecule has 10 heteroatoms. The van der Waals surface area contributed by atoms with Crippen LogP contribution in [-0.2, 0) is 11.2 Å². The summed E-state index contributed by atoms with van der Waals surface area (Å²) in [5.41, 5.74) is 9.66. The third kappa shape index (κ3) is 6.66. The van der Waals surface area contributed by atoms with E-state index in [4.69, 9.17) is 26.8 Å². The van der Waals surface area contributed by atoms with Crippen molar-refractivity contribution < 1.29 is 40.1 Å². The second kappa shape index (κ2) is 13.4. The Morgan fingerprint density at radius 2 is 1.52 bits per heavy atom. The standard InChI is InChI=1S/C30H36ClNO8/c1-2-39-20-10-7-18(8-11-20)25(17-5-3-16(4-6-17)13-23(32)30(37)38)21-14-19(9-12-22(21)31)29-28(36)27(35)26(34)24(15-33)40-29/h3-12,14,23-30,33-38H,2,13,15,32H2,1H3/t23-,24+,25?,26+,27-,28+,29-/m0/s1. The van der Waals surface area contributed by atoms with Crippen molar-refractivity contribution in [3.05, 3.63) is 99.6 Å². The van der Waals surface area contributed by atoms with Gasteiger partial charge in [0.25, 0.3) is 0 Å². The molecule has 0 amide bonds. The molecular weight excluding hydrogens is 538 g/mol. The highest BCUT2D eigenvalue weighted by atomic mass is 35.5. The van der Waals surface area contributed by atoms with E-state index in [-0.39, 0.29) is 12.3 Å². The summed E-state index contributed by atoms with van der Waals surface area (Å²) in [7, 11) is 0. The zero-order valence-corrected chi connectivity index (χ0v) is 22.8. The highest BCUT2D eigenvalue weighted by molar-refractivity contribution is 6.31. The molecule has 0 saturated carbocycles. The van der Waals surface area contributed by atoms with Crippen LogP contribution in [0.1, 0.15) is 46.8 Å². The average molecular weight is 574 g/mol. The minimum absolute atomic E-state index is 0.277. The first-order valence-electron chi connectivity index (χ1n) is 13.2. The van der Waals surface area contributed by atoms with Gasteiger partial charge < -0.3 is 45.8 Å². The Kier molecular flexibility index (Phi) is 10.2. The SMILES string of the molecule is CCOc1ccc(C(c2ccc(C[C@H](N)C(O)O)cc2)c2cc([C@@H]3O[C@H](CO)[C@@H](O)[C@H](O)[C@H]3O)ccc2Cl)cc1. The molecular formula is C30H36ClNO8. The Morgan fingerprint density at radius 3 is 2.10 bits per heavy atom. The second-order valence-corrected chi connectivity index (χ2v) is 10.4. The van der Waals surface area contributed by atoms with E-state index in [0.717, 1.165) is 22.4 Å². The molecule has 9 nitrogen and oxygen atoms in total. The molecule has 0 aliphatic carbocycles. The van der Waals surface area contributed by atoms with Crippen LogP contribution >= 0.6 is 11.6 Å². The van der Waals surface area contributed by atoms with Crippen LogP contribution in [0.5, 0.6) is 5.75 Å². The lowest BCUT2D eigenvalue weighted by Crippen LogP contribution is -2.55. The van der Waals surface area contributed by atoms with E-state index in [1.807, 2.05) is 55.5 Å². The maximum atomic E-state index is 10.7. The Labute approximate surface area is 238 Å². The summed E-state index contributed by atoms with van der Waals surface area (Å²) < 4.78 is 11.4. The zero-order chi connectivity index (χ0) is 29.0. The monoisotopic (exact) mass is 573 g/mol. The van der Waals surface area contributed by atoms with E-state index in [9.17, 15) is 30.6 Å². The summed E-state index contributed by atoms with van der Waals surface area (Å²) in [4.78, 5) is 0. The van der Waals surface area contributed by atoms with Gasteiger partial charge in [-0.25, -0.2) is 0 Å². The molecule has 7 atom stereocenters. The zero-order valence-electron chi connectivity index (χ0n) is 22.0. The van der Waals surface area contributed by atoms with Crippen molar-refractivity contribution in [2.45, 2.75) is 62.1 Å². The second-order valence-electron chi connectivity index (χ2n) is 9.99. The van der Waals surface area contributed by atoms with Crippen LogP contribution in [0.3, 0.4) is 0 Å². The van der Waals surface area contributed by atoms with Crippen molar-refractivity contribution in [3.63, 3.8) is 0 Å². The van der Waals surface area contributed by atoms with Crippen molar-refractivity contribution in [2.75, 3.05) is 13.2 Å². The topological polar surface area (TPSA) is 166 Å². The smallest absolute Gasteiger partial charge is 0.167 e. The summed E-state index contributed by atoms with van der Waals surface area (Å²) in [6.45, 7) is 1.91. The van der Waals surface area contributed by atoms with Gasteiger partial charge >= 0.3 is 0 Å². The lowest BCUT2D eigenvalue weighted by atomic mass is 9.82. The van der Waals surface area contributed by atoms with Gasteiger partial charge in [-0.05, 0) is 59.4 Å². The first-order valence-corrected chi connectivity index (χ1v) is 13.6. The van der Waals surface area contributed by atoms with Gasteiger partial charge in [-0.2, -0.15) is 0 Å². The molecule has 3 aromatic rings. The first-order chi connectivity index (χ1) is 19.1. The molecule has 0 aromatic heterocycles. The molecule has 0 radical (unpaired) electrons. The number of aliphatic hydroxyl groups is 6. The summed E-state index contributed by atoms with van der Waals surface area (Å²) in [6.07, 6.45) is -7.80. The van der Waals surface area contributed by atoms with E-state index >= 15 is 0 Å². The number of halogens is 1. The van der Waals surface area contributed by atoms with E-state index in [0.29, 0.717) is 22.8 Å². The minimum atomic E-state index is -1.62. The van der Waals surface area contributed by atoms with Gasteiger partial charge in [0.05, 0.1) is 19.3 Å². The lowest BCUT2D eigenvalue weighted by molar-refractivity contribution is -0.231. The van der Waals surface area contributed by atoms with Crippen LogP contribution in [0.25, 0.3) is 0 Å². The van der Waals surface area contributed by atoms with E-state index in [1.165, 1.54) is 0 Å². The third-order valence-corrected chi connectivity index (χ3v) is 7.59. The van der Waals surface area contributed by atoms with Crippen LogP contribution in [-0.4, -0.2) is 80.6 Å². The van der Waals surface area contributed by atoms with Crippen LogP contribution in [0, 0.1) is 0 Å². The number of benzene rings is 3. The molecule has 216 valence electrons. The Balaban J connectivity index is 1.76.